The Labute approximate surface area is 104 Å². The van der Waals surface area contributed by atoms with Gasteiger partial charge in [0.1, 0.15) is 5.52 Å². The minimum absolute atomic E-state index is 0.441. The molecule has 5 heteroatoms. The molecular formula is C12H13ClN2O2. The van der Waals surface area contributed by atoms with Crippen molar-refractivity contribution in [2.75, 3.05) is 13.6 Å². The van der Waals surface area contributed by atoms with Crippen molar-refractivity contribution in [2.24, 2.45) is 0 Å². The van der Waals surface area contributed by atoms with Gasteiger partial charge in [-0.15, -0.1) is 0 Å². The number of rotatable bonds is 3. The van der Waals surface area contributed by atoms with Gasteiger partial charge in [0.25, 0.3) is 0 Å². The summed E-state index contributed by atoms with van der Waals surface area (Å²) in [5.74, 6) is 0.658. The molecule has 17 heavy (non-hydrogen) atoms. The highest BCUT2D eigenvalue weighted by Crippen LogP contribution is 2.17. The Bertz CT molecular complexity index is 550. The maximum atomic E-state index is 10.8. The Hall–Kier alpha value is -1.55. The number of aromatic nitrogens is 1. The number of hydrogen-bond donors (Lipinski definition) is 0. The summed E-state index contributed by atoms with van der Waals surface area (Å²) in [5.41, 5.74) is 2.74. The second-order valence-electron chi connectivity index (χ2n) is 3.96. The Morgan fingerprint density at radius 2 is 2.29 bits per heavy atom. The van der Waals surface area contributed by atoms with Crippen molar-refractivity contribution >= 4 is 28.1 Å². The zero-order valence-electron chi connectivity index (χ0n) is 9.74. The number of carbonyl (C=O) groups excluding carboxylic acids is 1. The summed E-state index contributed by atoms with van der Waals surface area (Å²) in [7, 11) is 1.67. The molecule has 0 aliphatic carbocycles. The van der Waals surface area contributed by atoms with Crippen LogP contribution in [0.25, 0.3) is 11.1 Å². The summed E-state index contributed by atoms with van der Waals surface area (Å²) in [6, 6.07) is 5.84. The molecule has 0 aliphatic heterocycles. The predicted molar refractivity (Wildman–Crippen MR) is 66.3 cm³/mol. The van der Waals surface area contributed by atoms with Crippen LogP contribution in [0.1, 0.15) is 11.5 Å². The fourth-order valence-corrected chi connectivity index (χ4v) is 1.71. The number of likely N-dealkylation sites (N-methyl/N-ethyl adjacent to an activating group) is 1. The lowest BCUT2D eigenvalue weighted by atomic mass is 10.1. The van der Waals surface area contributed by atoms with E-state index in [1.807, 2.05) is 25.1 Å². The molecule has 0 radical (unpaired) electrons. The van der Waals surface area contributed by atoms with Gasteiger partial charge in [-0.05, 0) is 35.7 Å². The van der Waals surface area contributed by atoms with Gasteiger partial charge >= 0.3 is 5.37 Å². The van der Waals surface area contributed by atoms with E-state index in [4.69, 9.17) is 16.0 Å². The number of aryl methyl sites for hydroxylation is 1. The Morgan fingerprint density at radius 3 is 3.00 bits per heavy atom. The van der Waals surface area contributed by atoms with Crippen molar-refractivity contribution in [3.05, 3.63) is 29.7 Å². The zero-order valence-corrected chi connectivity index (χ0v) is 10.5. The first-order valence-corrected chi connectivity index (χ1v) is 5.71. The quantitative estimate of drug-likeness (QED) is 0.623. The lowest BCUT2D eigenvalue weighted by Gasteiger charge is -2.12. The first kappa shape index (κ1) is 11.9. The normalized spacial score (nSPS) is 10.8. The van der Waals surface area contributed by atoms with Gasteiger partial charge in [0, 0.05) is 20.5 Å². The van der Waals surface area contributed by atoms with Gasteiger partial charge in [0.05, 0.1) is 0 Å². The molecule has 0 bridgehead atoms. The molecule has 4 nitrogen and oxygen atoms in total. The number of halogens is 1. The number of carbonyl (C=O) groups is 1. The third-order valence-corrected chi connectivity index (χ3v) is 2.88. The molecule has 2 aromatic rings. The van der Waals surface area contributed by atoms with E-state index in [1.54, 1.807) is 7.05 Å². The third kappa shape index (κ3) is 2.77. The van der Waals surface area contributed by atoms with E-state index >= 15 is 0 Å². The van der Waals surface area contributed by atoms with Gasteiger partial charge in [-0.1, -0.05) is 6.07 Å². The van der Waals surface area contributed by atoms with Crippen molar-refractivity contribution in [1.29, 1.82) is 0 Å². The maximum Gasteiger partial charge on any atom is 0.316 e. The summed E-state index contributed by atoms with van der Waals surface area (Å²) in [6.07, 6.45) is 0.747. The first-order chi connectivity index (χ1) is 8.06. The molecule has 1 heterocycles. The number of fused-ring (bicyclic) bond motifs is 1. The molecule has 0 spiro atoms. The molecule has 90 valence electrons. The summed E-state index contributed by atoms with van der Waals surface area (Å²) >= 11 is 5.35. The first-order valence-electron chi connectivity index (χ1n) is 5.33. The van der Waals surface area contributed by atoms with E-state index in [-0.39, 0.29) is 0 Å². The van der Waals surface area contributed by atoms with Crippen LogP contribution in [0.4, 0.5) is 4.79 Å². The highest BCUT2D eigenvalue weighted by molar-refractivity contribution is 6.62. The van der Waals surface area contributed by atoms with Crippen LogP contribution in [-0.4, -0.2) is 28.8 Å². The van der Waals surface area contributed by atoms with Crippen molar-refractivity contribution in [2.45, 2.75) is 13.3 Å². The lowest BCUT2D eigenvalue weighted by Crippen LogP contribution is -2.23. The number of benzene rings is 1. The van der Waals surface area contributed by atoms with Gasteiger partial charge in [-0.3, -0.25) is 4.79 Å². The summed E-state index contributed by atoms with van der Waals surface area (Å²) in [5, 5.41) is -0.441. The largest absolute Gasteiger partial charge is 0.441 e. The lowest BCUT2D eigenvalue weighted by molar-refractivity contribution is 0.232. The molecule has 1 aromatic carbocycles. The van der Waals surface area contributed by atoms with E-state index in [0.29, 0.717) is 12.4 Å². The molecule has 0 aliphatic rings. The Morgan fingerprint density at radius 1 is 1.53 bits per heavy atom. The van der Waals surface area contributed by atoms with Crippen molar-refractivity contribution in [3.63, 3.8) is 0 Å². The van der Waals surface area contributed by atoms with Crippen LogP contribution in [0.2, 0.25) is 0 Å². The van der Waals surface area contributed by atoms with Crippen LogP contribution in [0.5, 0.6) is 0 Å². The SMILES string of the molecule is Cc1nc2cc(CCN(C)C(=O)Cl)ccc2o1. The van der Waals surface area contributed by atoms with E-state index in [2.05, 4.69) is 4.98 Å². The Balaban J connectivity index is 2.11. The molecule has 0 saturated carbocycles. The van der Waals surface area contributed by atoms with E-state index in [1.165, 1.54) is 4.90 Å². The third-order valence-electron chi connectivity index (χ3n) is 2.59. The Kier molecular flexibility index (Phi) is 3.33. The molecule has 2 rings (SSSR count). The van der Waals surface area contributed by atoms with Crippen LogP contribution in [0.15, 0.2) is 22.6 Å². The zero-order chi connectivity index (χ0) is 12.4. The van der Waals surface area contributed by atoms with E-state index in [9.17, 15) is 4.79 Å². The molecule has 0 atom stereocenters. The molecule has 0 saturated heterocycles. The fourth-order valence-electron chi connectivity index (χ4n) is 1.63. The van der Waals surface area contributed by atoms with Crippen LogP contribution >= 0.6 is 11.6 Å². The standard InChI is InChI=1S/C12H13ClN2O2/c1-8-14-10-7-9(3-4-11(10)17-8)5-6-15(2)12(13)16/h3-4,7H,5-6H2,1-2H3. The van der Waals surface area contributed by atoms with Crippen LogP contribution in [0.3, 0.4) is 0 Å². The smallest absolute Gasteiger partial charge is 0.316 e. The summed E-state index contributed by atoms with van der Waals surface area (Å²) < 4.78 is 5.39. The van der Waals surface area contributed by atoms with Crippen LogP contribution in [0, 0.1) is 6.92 Å². The summed E-state index contributed by atoms with van der Waals surface area (Å²) in [6.45, 7) is 2.41. The second kappa shape index (κ2) is 4.75. The predicted octanol–water partition coefficient (Wildman–Crippen LogP) is 2.97. The molecule has 1 aromatic heterocycles. The van der Waals surface area contributed by atoms with Gasteiger partial charge in [0.15, 0.2) is 11.5 Å². The van der Waals surface area contributed by atoms with Gasteiger partial charge in [-0.2, -0.15) is 0 Å². The molecule has 0 unspecified atom stereocenters. The number of nitrogens with zero attached hydrogens (tertiary/aromatic N) is 2. The minimum Gasteiger partial charge on any atom is -0.441 e. The highest BCUT2D eigenvalue weighted by atomic mass is 35.5. The monoisotopic (exact) mass is 252 g/mol. The molecule has 1 amide bonds. The fraction of sp³-hybridized carbons (Fsp3) is 0.333. The van der Waals surface area contributed by atoms with Crippen molar-refractivity contribution in [1.82, 2.24) is 9.88 Å². The van der Waals surface area contributed by atoms with Crippen molar-refractivity contribution < 1.29 is 9.21 Å². The van der Waals surface area contributed by atoms with Gasteiger partial charge < -0.3 is 9.32 Å². The number of oxazole rings is 1. The molecule has 0 fully saturated rings. The highest BCUT2D eigenvalue weighted by Gasteiger charge is 2.06. The topological polar surface area (TPSA) is 46.3 Å². The van der Waals surface area contributed by atoms with E-state index < -0.39 is 5.37 Å². The number of amides is 1. The summed E-state index contributed by atoms with van der Waals surface area (Å²) in [4.78, 5) is 16.6. The minimum atomic E-state index is -0.441. The van der Waals surface area contributed by atoms with Crippen LogP contribution in [-0.2, 0) is 6.42 Å². The second-order valence-corrected chi connectivity index (χ2v) is 4.28. The van der Waals surface area contributed by atoms with E-state index in [0.717, 1.165) is 23.1 Å². The van der Waals surface area contributed by atoms with Crippen LogP contribution < -0.4 is 0 Å². The average Bonchev–Trinajstić information content (AvgIpc) is 2.64. The average molecular weight is 253 g/mol. The molecular weight excluding hydrogens is 240 g/mol. The van der Waals surface area contributed by atoms with Gasteiger partial charge in [-0.25, -0.2) is 4.98 Å². The van der Waals surface area contributed by atoms with Crippen molar-refractivity contribution in [3.8, 4) is 0 Å². The maximum absolute atomic E-state index is 10.8. The number of hydrogen-bond acceptors (Lipinski definition) is 3. The van der Waals surface area contributed by atoms with Gasteiger partial charge in [0.2, 0.25) is 0 Å². The molecule has 0 N–H and O–H groups in total.